The van der Waals surface area contributed by atoms with E-state index in [1.807, 2.05) is 17.0 Å². The molecule has 0 atom stereocenters. The maximum atomic E-state index is 13.0. The molecule has 0 aliphatic carbocycles. The zero-order valence-electron chi connectivity index (χ0n) is 15.5. The van der Waals surface area contributed by atoms with Crippen LogP contribution in [-0.2, 0) is 4.79 Å². The van der Waals surface area contributed by atoms with Crippen LogP contribution in [0.15, 0.2) is 48.5 Å². The lowest BCUT2D eigenvalue weighted by Crippen LogP contribution is -2.49. The molecule has 1 amide bonds. The lowest BCUT2D eigenvalue weighted by Gasteiger charge is -2.36. The van der Waals surface area contributed by atoms with E-state index in [1.165, 1.54) is 19.1 Å². The number of hydrogen-bond acceptors (Lipinski definition) is 4. The van der Waals surface area contributed by atoms with Crippen LogP contribution in [0.5, 0.6) is 0 Å². The second-order valence-corrected chi connectivity index (χ2v) is 6.65. The number of hydrogen-bond donors (Lipinski definition) is 1. The fourth-order valence-corrected chi connectivity index (χ4v) is 3.16. The third kappa shape index (κ3) is 5.06. The molecule has 2 aromatic carbocycles. The predicted molar refractivity (Wildman–Crippen MR) is 105 cm³/mol. The van der Waals surface area contributed by atoms with E-state index in [9.17, 15) is 14.0 Å². The molecule has 0 bridgehead atoms. The SMILES string of the molecule is CC(=O)c1ccc(NCCC(=O)N2CCN(c3ccc(F)cc3)CC2)cc1. The van der Waals surface area contributed by atoms with Crippen LogP contribution in [0.25, 0.3) is 0 Å². The summed E-state index contributed by atoms with van der Waals surface area (Å²) in [4.78, 5) is 27.7. The quantitative estimate of drug-likeness (QED) is 0.795. The summed E-state index contributed by atoms with van der Waals surface area (Å²) in [5.41, 5.74) is 2.56. The van der Waals surface area contributed by atoms with Gasteiger partial charge in [-0.05, 0) is 55.5 Å². The van der Waals surface area contributed by atoms with Gasteiger partial charge in [-0.3, -0.25) is 9.59 Å². The fraction of sp³-hybridized carbons (Fsp3) is 0.333. The first-order valence-corrected chi connectivity index (χ1v) is 9.16. The molecular weight excluding hydrogens is 345 g/mol. The van der Waals surface area contributed by atoms with Crippen molar-refractivity contribution in [2.45, 2.75) is 13.3 Å². The molecule has 1 saturated heterocycles. The number of piperazine rings is 1. The molecule has 1 N–H and O–H groups in total. The second kappa shape index (κ2) is 8.66. The van der Waals surface area contributed by atoms with Crippen molar-refractivity contribution in [1.82, 2.24) is 4.90 Å². The average molecular weight is 369 g/mol. The Kier molecular flexibility index (Phi) is 6.06. The van der Waals surface area contributed by atoms with Gasteiger partial charge < -0.3 is 15.1 Å². The predicted octanol–water partition coefficient (Wildman–Crippen LogP) is 3.18. The maximum absolute atomic E-state index is 13.0. The molecule has 27 heavy (non-hydrogen) atoms. The molecule has 3 rings (SSSR count). The number of rotatable bonds is 6. The van der Waals surface area contributed by atoms with Crippen LogP contribution in [-0.4, -0.2) is 49.3 Å². The van der Waals surface area contributed by atoms with Crippen LogP contribution < -0.4 is 10.2 Å². The summed E-state index contributed by atoms with van der Waals surface area (Å²) in [6.45, 7) is 4.93. The zero-order chi connectivity index (χ0) is 19.2. The Morgan fingerprint density at radius 1 is 0.963 bits per heavy atom. The summed E-state index contributed by atoms with van der Waals surface area (Å²) in [6.07, 6.45) is 0.422. The number of anilines is 2. The van der Waals surface area contributed by atoms with Crippen LogP contribution in [0.2, 0.25) is 0 Å². The summed E-state index contributed by atoms with van der Waals surface area (Å²) in [7, 11) is 0. The Labute approximate surface area is 158 Å². The molecule has 142 valence electrons. The van der Waals surface area contributed by atoms with Crippen LogP contribution in [0.3, 0.4) is 0 Å². The normalized spacial score (nSPS) is 14.1. The van der Waals surface area contributed by atoms with Crippen LogP contribution in [0.4, 0.5) is 15.8 Å². The smallest absolute Gasteiger partial charge is 0.224 e. The molecule has 2 aromatic rings. The topological polar surface area (TPSA) is 52.7 Å². The van der Waals surface area contributed by atoms with Gasteiger partial charge in [0, 0.05) is 56.1 Å². The Morgan fingerprint density at radius 2 is 1.59 bits per heavy atom. The third-order valence-corrected chi connectivity index (χ3v) is 4.78. The lowest BCUT2D eigenvalue weighted by atomic mass is 10.1. The molecule has 0 saturated carbocycles. The van der Waals surface area contributed by atoms with E-state index >= 15 is 0 Å². The minimum Gasteiger partial charge on any atom is -0.385 e. The Balaban J connectivity index is 1.41. The Hall–Kier alpha value is -2.89. The van der Waals surface area contributed by atoms with Crippen molar-refractivity contribution in [1.29, 1.82) is 0 Å². The highest BCUT2D eigenvalue weighted by molar-refractivity contribution is 5.94. The number of nitrogens with one attached hydrogen (secondary N) is 1. The summed E-state index contributed by atoms with van der Waals surface area (Å²) < 4.78 is 13.0. The van der Waals surface area contributed by atoms with Gasteiger partial charge in [-0.1, -0.05) is 0 Å². The van der Waals surface area contributed by atoms with Gasteiger partial charge in [-0.2, -0.15) is 0 Å². The molecule has 0 unspecified atom stereocenters. The van der Waals surface area contributed by atoms with Crippen LogP contribution >= 0.6 is 0 Å². The summed E-state index contributed by atoms with van der Waals surface area (Å²) >= 11 is 0. The molecule has 5 nitrogen and oxygen atoms in total. The van der Waals surface area contributed by atoms with Gasteiger partial charge in [0.25, 0.3) is 0 Å². The van der Waals surface area contributed by atoms with Crippen molar-refractivity contribution in [3.63, 3.8) is 0 Å². The number of halogens is 1. The van der Waals surface area contributed by atoms with Crippen molar-refractivity contribution in [3.8, 4) is 0 Å². The van der Waals surface area contributed by atoms with E-state index in [4.69, 9.17) is 0 Å². The number of amides is 1. The van der Waals surface area contributed by atoms with Gasteiger partial charge >= 0.3 is 0 Å². The highest BCUT2D eigenvalue weighted by atomic mass is 19.1. The van der Waals surface area contributed by atoms with Crippen molar-refractivity contribution < 1.29 is 14.0 Å². The van der Waals surface area contributed by atoms with Crippen LogP contribution in [0, 0.1) is 5.82 Å². The van der Waals surface area contributed by atoms with E-state index in [2.05, 4.69) is 10.2 Å². The van der Waals surface area contributed by atoms with Gasteiger partial charge in [0.2, 0.25) is 5.91 Å². The monoisotopic (exact) mass is 369 g/mol. The minimum absolute atomic E-state index is 0.0384. The number of nitrogens with zero attached hydrogens (tertiary/aromatic N) is 2. The average Bonchev–Trinajstić information content (AvgIpc) is 2.69. The molecule has 0 spiro atoms. The van der Waals surface area contributed by atoms with Crippen molar-refractivity contribution in [2.75, 3.05) is 42.9 Å². The van der Waals surface area contributed by atoms with E-state index in [0.29, 0.717) is 31.6 Å². The van der Waals surface area contributed by atoms with E-state index in [1.54, 1.807) is 24.3 Å². The molecule has 0 aromatic heterocycles. The second-order valence-electron chi connectivity index (χ2n) is 6.65. The highest BCUT2D eigenvalue weighted by Gasteiger charge is 2.20. The highest BCUT2D eigenvalue weighted by Crippen LogP contribution is 2.17. The number of Topliss-reactive ketones (excluding diaryl/α,β-unsaturated/α-hetero) is 1. The van der Waals surface area contributed by atoms with E-state index in [0.717, 1.165) is 24.5 Å². The van der Waals surface area contributed by atoms with Gasteiger partial charge in [0.05, 0.1) is 0 Å². The molecule has 1 heterocycles. The number of ketones is 1. The number of benzene rings is 2. The molecule has 0 radical (unpaired) electrons. The van der Waals surface area contributed by atoms with Crippen molar-refractivity contribution >= 4 is 23.1 Å². The summed E-state index contributed by atoms with van der Waals surface area (Å²) in [5.74, 6) is -0.0749. The fourth-order valence-electron chi connectivity index (χ4n) is 3.16. The Morgan fingerprint density at radius 3 is 2.19 bits per heavy atom. The maximum Gasteiger partial charge on any atom is 0.224 e. The molecule has 1 fully saturated rings. The lowest BCUT2D eigenvalue weighted by molar-refractivity contribution is -0.131. The van der Waals surface area contributed by atoms with Crippen molar-refractivity contribution in [3.05, 3.63) is 59.9 Å². The molecule has 1 aliphatic rings. The van der Waals surface area contributed by atoms with E-state index in [-0.39, 0.29) is 17.5 Å². The molecule has 6 heteroatoms. The van der Waals surface area contributed by atoms with Crippen molar-refractivity contribution in [2.24, 2.45) is 0 Å². The minimum atomic E-state index is -0.240. The van der Waals surface area contributed by atoms with E-state index < -0.39 is 0 Å². The summed E-state index contributed by atoms with van der Waals surface area (Å²) in [5, 5.41) is 3.22. The van der Waals surface area contributed by atoms with Crippen LogP contribution in [0.1, 0.15) is 23.7 Å². The van der Waals surface area contributed by atoms with Gasteiger partial charge in [-0.15, -0.1) is 0 Å². The first-order valence-electron chi connectivity index (χ1n) is 9.16. The molecule has 1 aliphatic heterocycles. The van der Waals surface area contributed by atoms with Gasteiger partial charge in [0.1, 0.15) is 5.82 Å². The van der Waals surface area contributed by atoms with Gasteiger partial charge in [-0.25, -0.2) is 4.39 Å². The third-order valence-electron chi connectivity index (χ3n) is 4.78. The number of carbonyl (C=O) groups excluding carboxylic acids is 2. The zero-order valence-corrected chi connectivity index (χ0v) is 15.5. The van der Waals surface area contributed by atoms with Gasteiger partial charge in [0.15, 0.2) is 5.78 Å². The first-order chi connectivity index (χ1) is 13.0. The molecular formula is C21H24FN3O2. The Bertz CT molecular complexity index is 782. The number of carbonyl (C=O) groups is 2. The first kappa shape index (κ1) is 18.9. The largest absolute Gasteiger partial charge is 0.385 e. The standard InChI is InChI=1S/C21H24FN3O2/c1-16(26)17-2-6-19(7-3-17)23-11-10-21(27)25-14-12-24(13-15-25)20-8-4-18(22)5-9-20/h2-9,23H,10-15H2,1H3. The summed E-state index contributed by atoms with van der Waals surface area (Å²) in [6, 6.07) is 13.7.